The average molecular weight is 525 g/mol. The zero-order valence-electron chi connectivity index (χ0n) is 23.0. The Hall–Kier alpha value is -4.24. The van der Waals surface area contributed by atoms with Crippen LogP contribution in [-0.2, 0) is 5.41 Å². The van der Waals surface area contributed by atoms with E-state index in [4.69, 9.17) is 15.7 Å². The minimum atomic E-state index is -0.111. The van der Waals surface area contributed by atoms with Crippen LogP contribution in [0.25, 0.3) is 0 Å². The van der Waals surface area contributed by atoms with Crippen molar-refractivity contribution in [2.24, 2.45) is 0 Å². The van der Waals surface area contributed by atoms with Crippen LogP contribution in [0.1, 0.15) is 62.0 Å². The van der Waals surface area contributed by atoms with Crippen LogP contribution in [0.3, 0.4) is 0 Å². The summed E-state index contributed by atoms with van der Waals surface area (Å²) in [7, 11) is 2.17. The molecule has 4 aromatic rings. The fourth-order valence-corrected chi connectivity index (χ4v) is 4.76. The molecule has 39 heavy (non-hydrogen) atoms. The third-order valence-electron chi connectivity index (χ3n) is 7.19. The Kier molecular flexibility index (Phi) is 7.34. The third kappa shape index (κ3) is 6.09. The second-order valence-electron chi connectivity index (χ2n) is 11.2. The summed E-state index contributed by atoms with van der Waals surface area (Å²) in [4.78, 5) is 10.9. The highest BCUT2D eigenvalue weighted by molar-refractivity contribution is 6.16. The number of benzene rings is 2. The Morgan fingerprint density at radius 3 is 2.23 bits per heavy atom. The highest BCUT2D eigenvalue weighted by atomic mass is 16.5. The first kappa shape index (κ1) is 26.4. The summed E-state index contributed by atoms with van der Waals surface area (Å²) < 4.78 is 5.46. The van der Waals surface area contributed by atoms with E-state index in [9.17, 15) is 0 Å². The fourth-order valence-electron chi connectivity index (χ4n) is 4.76. The van der Waals surface area contributed by atoms with E-state index in [1.54, 1.807) is 0 Å². The largest absolute Gasteiger partial charge is 0.383 e. The van der Waals surface area contributed by atoms with Gasteiger partial charge in [-0.15, -0.1) is 0 Å². The summed E-state index contributed by atoms with van der Waals surface area (Å²) in [5.41, 5.74) is 10.7. The van der Waals surface area contributed by atoms with Gasteiger partial charge in [0.2, 0.25) is 0 Å². The summed E-state index contributed by atoms with van der Waals surface area (Å²) in [6.07, 6.45) is 3.72. The van der Waals surface area contributed by atoms with Crippen molar-refractivity contribution in [3.8, 4) is 0 Å². The SMILES string of the molecule is CN1CCC(c2ccc(C(=N)c3c(N)ncnc3Nc3ccc(Nc4cc(C(C)(C)C)on4)cc3)cc2)CC1. The molecule has 0 aliphatic carbocycles. The second kappa shape index (κ2) is 10.9. The average Bonchev–Trinajstić information content (AvgIpc) is 3.40. The van der Waals surface area contributed by atoms with Gasteiger partial charge in [0.05, 0.1) is 11.3 Å². The fraction of sp³-hybridized carbons (Fsp3) is 0.333. The molecule has 1 aliphatic rings. The Balaban J connectivity index is 1.30. The molecule has 5 N–H and O–H groups in total. The number of piperidine rings is 1. The Labute approximate surface area is 229 Å². The van der Waals surface area contributed by atoms with Gasteiger partial charge in [-0.2, -0.15) is 0 Å². The number of rotatable bonds is 7. The summed E-state index contributed by atoms with van der Waals surface area (Å²) in [6.45, 7) is 8.47. The van der Waals surface area contributed by atoms with Gasteiger partial charge in [0.1, 0.15) is 23.7 Å². The first-order valence-electron chi connectivity index (χ1n) is 13.3. The predicted octanol–water partition coefficient (Wildman–Crippen LogP) is 6.06. The van der Waals surface area contributed by atoms with Crippen LogP contribution in [0.5, 0.6) is 0 Å². The quantitative estimate of drug-likeness (QED) is 0.215. The summed E-state index contributed by atoms with van der Waals surface area (Å²) >= 11 is 0. The molecule has 0 bridgehead atoms. The lowest BCUT2D eigenvalue weighted by Gasteiger charge is -2.29. The number of hydrogen-bond acceptors (Lipinski definition) is 9. The molecule has 5 rings (SSSR count). The van der Waals surface area contributed by atoms with E-state index in [0.717, 1.165) is 48.6 Å². The number of likely N-dealkylation sites (tertiary alicyclic amines) is 1. The maximum absolute atomic E-state index is 8.93. The molecule has 9 nitrogen and oxygen atoms in total. The summed E-state index contributed by atoms with van der Waals surface area (Å²) in [5.74, 6) is 2.78. The van der Waals surface area contributed by atoms with E-state index in [-0.39, 0.29) is 16.9 Å². The van der Waals surface area contributed by atoms with E-state index in [1.165, 1.54) is 11.9 Å². The maximum Gasteiger partial charge on any atom is 0.174 e. The van der Waals surface area contributed by atoms with Gasteiger partial charge in [-0.25, -0.2) is 9.97 Å². The molecule has 2 aromatic heterocycles. The van der Waals surface area contributed by atoms with Crippen LogP contribution in [-0.4, -0.2) is 45.9 Å². The number of nitrogens with one attached hydrogen (secondary N) is 3. The molecule has 0 spiro atoms. The molecular formula is C30H36N8O. The predicted molar refractivity (Wildman–Crippen MR) is 156 cm³/mol. The van der Waals surface area contributed by atoms with Crippen LogP contribution in [0.2, 0.25) is 0 Å². The number of nitrogens with two attached hydrogens (primary N) is 1. The normalized spacial score (nSPS) is 14.8. The first-order valence-corrected chi connectivity index (χ1v) is 13.3. The van der Waals surface area contributed by atoms with E-state index >= 15 is 0 Å². The number of nitrogen functional groups attached to an aromatic ring is 1. The molecule has 0 unspecified atom stereocenters. The molecule has 0 amide bonds. The molecular weight excluding hydrogens is 488 g/mol. The zero-order valence-corrected chi connectivity index (χ0v) is 23.0. The van der Waals surface area contributed by atoms with Crippen LogP contribution < -0.4 is 16.4 Å². The lowest BCUT2D eigenvalue weighted by Crippen LogP contribution is -2.29. The lowest BCUT2D eigenvalue weighted by atomic mass is 9.88. The van der Waals surface area contributed by atoms with Crippen LogP contribution >= 0.6 is 0 Å². The molecule has 1 aliphatic heterocycles. The Bertz CT molecular complexity index is 1430. The molecule has 202 valence electrons. The van der Waals surface area contributed by atoms with Gasteiger partial charge in [0, 0.05) is 28.4 Å². The molecule has 0 radical (unpaired) electrons. The molecule has 0 atom stereocenters. The van der Waals surface area contributed by atoms with Crippen molar-refractivity contribution < 1.29 is 4.52 Å². The highest BCUT2D eigenvalue weighted by Gasteiger charge is 2.21. The van der Waals surface area contributed by atoms with E-state index in [1.807, 2.05) is 42.5 Å². The van der Waals surface area contributed by atoms with Crippen molar-refractivity contribution >= 4 is 34.5 Å². The zero-order chi connectivity index (χ0) is 27.6. The molecule has 1 saturated heterocycles. The summed E-state index contributed by atoms with van der Waals surface area (Å²) in [5, 5.41) is 19.6. The van der Waals surface area contributed by atoms with Gasteiger partial charge >= 0.3 is 0 Å². The van der Waals surface area contributed by atoms with Crippen LogP contribution in [0.4, 0.5) is 28.8 Å². The van der Waals surface area contributed by atoms with Crippen LogP contribution in [0, 0.1) is 5.41 Å². The Morgan fingerprint density at radius 2 is 1.62 bits per heavy atom. The topological polar surface area (TPSA) is 129 Å². The smallest absolute Gasteiger partial charge is 0.174 e. The molecule has 9 heteroatoms. The number of aromatic nitrogens is 3. The number of anilines is 5. The standard InChI is InChI=1S/C30H36N8O/c1-30(2,3)24-17-25(37-39-24)35-22-9-11-23(12-10-22)36-29-26(28(32)33-18-34-29)27(31)21-7-5-19(6-8-21)20-13-15-38(4)16-14-20/h5-12,17-18,20,31H,13-16H2,1-4H3,(H,35,37)(H3,32,33,34,36). The van der Waals surface area contributed by atoms with Crippen molar-refractivity contribution in [1.82, 2.24) is 20.0 Å². The molecule has 2 aromatic carbocycles. The van der Waals surface area contributed by atoms with E-state index in [2.05, 4.69) is 70.6 Å². The molecule has 0 saturated carbocycles. The number of nitrogens with zero attached hydrogens (tertiary/aromatic N) is 4. The molecule has 1 fully saturated rings. The third-order valence-corrected chi connectivity index (χ3v) is 7.19. The maximum atomic E-state index is 8.93. The van der Waals surface area contributed by atoms with Gasteiger partial charge in [-0.3, -0.25) is 5.41 Å². The summed E-state index contributed by atoms with van der Waals surface area (Å²) in [6, 6.07) is 17.9. The number of hydrogen-bond donors (Lipinski definition) is 4. The van der Waals surface area contributed by atoms with Crippen molar-refractivity contribution in [3.05, 3.63) is 83.4 Å². The second-order valence-corrected chi connectivity index (χ2v) is 11.2. The highest BCUT2D eigenvalue weighted by Crippen LogP contribution is 2.30. The minimum Gasteiger partial charge on any atom is -0.383 e. The van der Waals surface area contributed by atoms with Crippen molar-refractivity contribution in [2.75, 3.05) is 36.5 Å². The van der Waals surface area contributed by atoms with Crippen LogP contribution in [0.15, 0.2) is 65.4 Å². The minimum absolute atomic E-state index is 0.111. The van der Waals surface area contributed by atoms with Gasteiger partial charge in [0.25, 0.3) is 0 Å². The van der Waals surface area contributed by atoms with Crippen molar-refractivity contribution in [1.29, 1.82) is 5.41 Å². The first-order chi connectivity index (χ1) is 18.7. The van der Waals surface area contributed by atoms with Crippen molar-refractivity contribution in [2.45, 2.75) is 44.9 Å². The van der Waals surface area contributed by atoms with Gasteiger partial charge < -0.3 is 25.8 Å². The monoisotopic (exact) mass is 524 g/mol. The molecule has 3 heterocycles. The van der Waals surface area contributed by atoms with Gasteiger partial charge in [-0.1, -0.05) is 50.2 Å². The lowest BCUT2D eigenvalue weighted by molar-refractivity contribution is 0.255. The van der Waals surface area contributed by atoms with Crippen molar-refractivity contribution in [3.63, 3.8) is 0 Å². The van der Waals surface area contributed by atoms with Gasteiger partial charge in [0.15, 0.2) is 5.82 Å². The van der Waals surface area contributed by atoms with Gasteiger partial charge in [-0.05, 0) is 68.7 Å². The van der Waals surface area contributed by atoms with E-state index < -0.39 is 0 Å². The Morgan fingerprint density at radius 1 is 0.974 bits per heavy atom. The van der Waals surface area contributed by atoms with E-state index in [0.29, 0.717) is 23.1 Å².